The molecule has 24 nitrogen and oxygen atoms in total. The quantitative estimate of drug-likeness (QED) is 0.0130. The number of urea groups is 1. The van der Waals surface area contributed by atoms with Gasteiger partial charge >= 0.3 is 18.0 Å². The number of carbonyl (C=O) groups excluding carboxylic acids is 7. The summed E-state index contributed by atoms with van der Waals surface area (Å²) in [5.74, 6) is 1.04. The van der Waals surface area contributed by atoms with Gasteiger partial charge in [0.15, 0.2) is 5.78 Å². The van der Waals surface area contributed by atoms with Crippen LogP contribution >= 0.6 is 0 Å². The van der Waals surface area contributed by atoms with Crippen LogP contribution in [0.2, 0.25) is 0 Å². The van der Waals surface area contributed by atoms with Crippen molar-refractivity contribution in [2.45, 2.75) is 376 Å². The van der Waals surface area contributed by atoms with Gasteiger partial charge < -0.3 is 71.5 Å². The summed E-state index contributed by atoms with van der Waals surface area (Å²) in [5, 5.41) is 15.9. The zero-order valence-corrected chi connectivity index (χ0v) is 92.6. The smallest absolute Gasteiger partial charge is 0.338 e. The lowest BCUT2D eigenvalue weighted by molar-refractivity contribution is -0.154. The molecule has 0 aromatic heterocycles. The molecule has 25 heteroatoms. The zero-order chi connectivity index (χ0) is 107. The van der Waals surface area contributed by atoms with Crippen molar-refractivity contribution in [3.05, 3.63) is 232 Å². The molecule has 3 atom stereocenters. The Balaban J connectivity index is 0.000000472. The predicted molar refractivity (Wildman–Crippen MR) is 603 cm³/mol. The van der Waals surface area contributed by atoms with E-state index in [1.807, 2.05) is 139 Å². The van der Waals surface area contributed by atoms with E-state index < -0.39 is 27.6 Å². The maximum atomic E-state index is 12.6. The molecule has 0 aliphatic heterocycles. The molecule has 0 saturated carbocycles. The normalized spacial score (nSPS) is 11.7. The molecule has 7 aromatic rings. The highest BCUT2D eigenvalue weighted by Gasteiger charge is 2.25. The number of rotatable bonds is 73. The summed E-state index contributed by atoms with van der Waals surface area (Å²) in [6.07, 6.45) is 47.3. The summed E-state index contributed by atoms with van der Waals surface area (Å²) >= 11 is 0. The lowest BCUT2D eigenvalue weighted by atomic mass is 9.88. The van der Waals surface area contributed by atoms with Crippen molar-refractivity contribution in [1.29, 1.82) is 0 Å². The monoisotopic (exact) mass is 2040 g/mol. The number of nitrogens with one attached hydrogen (secondary N) is 6. The molecule has 0 saturated heterocycles. The first-order valence-electron chi connectivity index (χ1n) is 55.4. The largest absolute Gasteiger partial charge is 0.491 e. The fourth-order valence-corrected chi connectivity index (χ4v) is 17.2. The van der Waals surface area contributed by atoms with Crippen LogP contribution in [0.25, 0.3) is 6.08 Å². The van der Waals surface area contributed by atoms with Crippen LogP contribution in [0.5, 0.6) is 17.2 Å². The van der Waals surface area contributed by atoms with Crippen molar-refractivity contribution in [2.75, 3.05) is 83.9 Å². The lowest BCUT2D eigenvalue weighted by Gasteiger charge is -2.23. The van der Waals surface area contributed by atoms with E-state index in [2.05, 4.69) is 131 Å². The van der Waals surface area contributed by atoms with Gasteiger partial charge in [-0.05, 0) is 175 Å². The maximum Gasteiger partial charge on any atom is 0.338 e. The van der Waals surface area contributed by atoms with E-state index in [1.165, 1.54) is 220 Å². The number of anilines is 1. The SMILES string of the molecule is CC(C)(C)OC(=O)CCNC(=O)NCCC(c1ccccc1)c1ccccc1.CCCCCCCCCCCCCCCCCC(=O)CN(C)C(=O)[C@@H](CCCN)NC(C)=O.CCCCCCCCCCCCCCNC(=O)C(N)CCC.CCCCCCNC(C)c1cc(OCc2ccccc2)cc(OCc2ccccc2)c1.CCCOc1ccc(C(=O)OCCN(CC)CC)cc1NS(=O)(=O)/C=C/c1ccccc1. The Morgan fingerprint density at radius 1 is 0.466 bits per heavy atom. The molecule has 0 spiro atoms. The van der Waals surface area contributed by atoms with Crippen LogP contribution in [-0.2, 0) is 56.7 Å². The average molecular weight is 2040 g/mol. The Bertz CT molecular complexity index is 4560. The molecule has 2 unspecified atom stereocenters. The number of unbranched alkanes of at least 4 members (excludes halogenated alkanes) is 28. The van der Waals surface area contributed by atoms with Gasteiger partial charge in [0.05, 0.1) is 42.3 Å². The molecule has 7 rings (SSSR count). The molecule has 814 valence electrons. The second-order valence-electron chi connectivity index (χ2n) is 39.0. The van der Waals surface area contributed by atoms with Crippen molar-refractivity contribution in [3.8, 4) is 17.2 Å². The molecule has 10 N–H and O–H groups in total. The molecule has 0 aliphatic carbocycles. The minimum atomic E-state index is -3.83. The second-order valence-corrected chi connectivity index (χ2v) is 40.5. The summed E-state index contributed by atoms with van der Waals surface area (Å²) in [5.41, 5.74) is 17.9. The van der Waals surface area contributed by atoms with E-state index in [1.54, 1.807) is 31.3 Å². The number of nitrogens with zero attached hydrogens (tertiary/aromatic N) is 2. The summed E-state index contributed by atoms with van der Waals surface area (Å²) in [4.78, 5) is 87.5. The Labute approximate surface area is 881 Å². The standard InChI is InChI=1S/C28H35NO2.C27H53N3O3.C24H32N2O5S.C23H30N2O3.C19H40N2O/c1-3-4-5-12-17-29-23(2)26-18-27(30-21-24-13-8-6-9-14-24)20-28(19-26)31-22-25-15-10-7-11-16-25;1-4-5-6-7-8-9-10-11-12-13-14-15-16-17-18-20-25(32)23-30(3)27(33)26(21-19-22-28)29-24(2)31;1-4-16-30-23-13-12-21(24(27)31-17-15-26(5-2)6-3)19-22(23)25-32(28,29)18-14-20-10-8-7-9-11-20;1-23(2,3)28-21(26)15-17-25-22(27)24-16-14-20(18-10-6-4-7-11-18)19-12-8-5-9-13-19;1-3-5-6-7-8-9-10-11-12-13-14-15-17-21-19(22)18(20)16-4-2/h6-11,13-16,18-20,23,29H,3-5,12,17,21-22H2,1-2H3;26H,4-23,28H2,1-3H3,(H,29,31);7-14,18-19,25H,4-6,15-17H2,1-3H3;4-13,20H,14-17H2,1-3H3,(H2,24,25,27);18H,3-17,20H2,1-2H3,(H,21,22)/b;;18-14+;;/t;26-;;;/m.1.../s1. The summed E-state index contributed by atoms with van der Waals surface area (Å²) in [7, 11) is -2.20. The van der Waals surface area contributed by atoms with Gasteiger partial charge in [-0.2, -0.15) is 0 Å². The lowest BCUT2D eigenvalue weighted by Crippen LogP contribution is -2.48. The van der Waals surface area contributed by atoms with E-state index >= 15 is 0 Å². The number of Topliss-reactive ketones (excluding diaryl/α,β-unsaturated/α-hetero) is 1. The Kier molecular flexibility index (Phi) is 74.2. The van der Waals surface area contributed by atoms with Gasteiger partial charge in [-0.1, -0.05) is 386 Å². The summed E-state index contributed by atoms with van der Waals surface area (Å²) in [6.45, 7) is 31.3. The number of carbonyl (C=O) groups is 7. The molecule has 0 fully saturated rings. The number of esters is 2. The van der Waals surface area contributed by atoms with E-state index in [0.29, 0.717) is 64.5 Å². The first-order valence-corrected chi connectivity index (χ1v) is 56.9. The van der Waals surface area contributed by atoms with Gasteiger partial charge in [-0.15, -0.1) is 0 Å². The third kappa shape index (κ3) is 66.0. The molecule has 0 radical (unpaired) electrons. The predicted octanol–water partition coefficient (Wildman–Crippen LogP) is 26.2. The Morgan fingerprint density at radius 3 is 1.40 bits per heavy atom. The number of nitrogens with two attached hydrogens (primary N) is 2. The Morgan fingerprint density at radius 2 is 0.932 bits per heavy atom. The number of likely N-dealkylation sites (N-methyl/N-ethyl adjacent to an activating group) is 2. The molecule has 0 bridgehead atoms. The van der Waals surface area contributed by atoms with E-state index in [4.69, 9.17) is 35.2 Å². The van der Waals surface area contributed by atoms with E-state index in [9.17, 15) is 42.0 Å². The molecule has 7 aromatic carbocycles. The number of amides is 5. The van der Waals surface area contributed by atoms with Crippen LogP contribution in [0, 0.1) is 0 Å². The second kappa shape index (κ2) is 83.5. The highest BCUT2D eigenvalue weighted by molar-refractivity contribution is 7.95. The van der Waals surface area contributed by atoms with Crippen LogP contribution in [0.4, 0.5) is 10.5 Å². The highest BCUT2D eigenvalue weighted by atomic mass is 32.2. The van der Waals surface area contributed by atoms with Gasteiger partial charge in [-0.3, -0.25) is 28.7 Å². The van der Waals surface area contributed by atoms with Crippen LogP contribution in [0.15, 0.2) is 193 Å². The number of hydrogen-bond acceptors (Lipinski definition) is 18. The average Bonchev–Trinajstić information content (AvgIpc) is 0.829. The van der Waals surface area contributed by atoms with Crippen LogP contribution in [-0.4, -0.2) is 157 Å². The fraction of sp³-hybridized carbons (Fsp3) is 0.579. The first-order chi connectivity index (χ1) is 70.6. The van der Waals surface area contributed by atoms with Crippen molar-refractivity contribution >= 4 is 63.3 Å². The number of sulfonamides is 1. The fourth-order valence-electron chi connectivity index (χ4n) is 16.3. The van der Waals surface area contributed by atoms with Gasteiger partial charge in [0.1, 0.15) is 48.7 Å². The molecule has 5 amide bonds. The first kappa shape index (κ1) is 130. The summed E-state index contributed by atoms with van der Waals surface area (Å²) < 4.78 is 56.2. The topological polar surface area (TPSA) is 330 Å². The third-order valence-electron chi connectivity index (χ3n) is 24.7. The minimum Gasteiger partial charge on any atom is -0.491 e. The maximum absolute atomic E-state index is 12.6. The zero-order valence-electron chi connectivity index (χ0n) is 91.8. The highest BCUT2D eigenvalue weighted by Crippen LogP contribution is 2.32. The van der Waals surface area contributed by atoms with Crippen LogP contribution in [0.3, 0.4) is 0 Å². The number of hydrogen-bond donors (Lipinski definition) is 8. The van der Waals surface area contributed by atoms with Crippen LogP contribution in [0.1, 0.15) is 389 Å². The molecular weight excluding hydrogens is 1850 g/mol. The number of ketones is 1. The van der Waals surface area contributed by atoms with Crippen molar-refractivity contribution in [3.63, 3.8) is 0 Å². The summed E-state index contributed by atoms with van der Waals surface area (Å²) in [6, 6.07) is 60.1. The van der Waals surface area contributed by atoms with Crippen molar-refractivity contribution in [1.82, 2.24) is 36.4 Å². The molecule has 146 heavy (non-hydrogen) atoms. The number of benzene rings is 7. The molecule has 0 aliphatic rings. The molecular formula is C121H190N10O14S. The van der Waals surface area contributed by atoms with Gasteiger partial charge in [0.25, 0.3) is 10.0 Å². The van der Waals surface area contributed by atoms with Crippen LogP contribution < -0.4 is 57.0 Å². The van der Waals surface area contributed by atoms with Gasteiger partial charge in [-0.25, -0.2) is 18.0 Å². The van der Waals surface area contributed by atoms with Gasteiger partial charge in [0, 0.05) is 64.6 Å². The minimum absolute atomic E-state index is 0.0184. The third-order valence-corrected chi connectivity index (χ3v) is 25.7. The van der Waals surface area contributed by atoms with Crippen molar-refractivity contribution in [2.24, 2.45) is 11.5 Å². The van der Waals surface area contributed by atoms with E-state index in [-0.39, 0.29) is 90.9 Å². The Hall–Kier alpha value is -10.4. The van der Waals surface area contributed by atoms with Gasteiger partial charge in [0.2, 0.25) is 17.7 Å². The van der Waals surface area contributed by atoms with E-state index in [0.717, 1.165) is 105 Å². The molecule has 0 heterocycles. The van der Waals surface area contributed by atoms with Crippen molar-refractivity contribution < 1.29 is 65.7 Å². The number of ether oxygens (including phenoxy) is 5.